The van der Waals surface area contributed by atoms with Crippen molar-refractivity contribution in [1.82, 2.24) is 0 Å². The van der Waals surface area contributed by atoms with E-state index < -0.39 is 0 Å². The molecule has 0 radical (unpaired) electrons. The summed E-state index contributed by atoms with van der Waals surface area (Å²) in [4.78, 5) is 13.9. The summed E-state index contributed by atoms with van der Waals surface area (Å²) in [6.07, 6.45) is 1.69. The molecular formula is C20H20O3S. The molecule has 2 aromatic rings. The molecule has 24 heavy (non-hydrogen) atoms. The summed E-state index contributed by atoms with van der Waals surface area (Å²) >= 11 is 1.35. The van der Waals surface area contributed by atoms with Crippen LogP contribution in [-0.4, -0.2) is 19.7 Å². The second kappa shape index (κ2) is 8.99. The van der Waals surface area contributed by atoms with E-state index in [2.05, 4.69) is 6.58 Å². The number of carbonyl (C=O) groups excluding carboxylic acids is 1. The molecule has 0 saturated heterocycles. The van der Waals surface area contributed by atoms with Crippen LogP contribution in [0, 0.1) is 0 Å². The minimum Gasteiger partial charge on any atom is -0.497 e. The Morgan fingerprint density at radius 3 is 2.54 bits per heavy atom. The molecule has 0 atom stereocenters. The number of hydrogen-bond acceptors (Lipinski definition) is 4. The van der Waals surface area contributed by atoms with Crippen molar-refractivity contribution in [3.05, 3.63) is 77.7 Å². The third-order valence-electron chi connectivity index (χ3n) is 3.26. The number of methoxy groups -OCH3 is 1. The highest BCUT2D eigenvalue weighted by molar-refractivity contribution is 8.04. The van der Waals surface area contributed by atoms with Crippen molar-refractivity contribution < 1.29 is 14.3 Å². The first-order valence-corrected chi connectivity index (χ1v) is 8.42. The molecular weight excluding hydrogens is 320 g/mol. The first kappa shape index (κ1) is 17.9. The predicted molar refractivity (Wildman–Crippen MR) is 99.0 cm³/mol. The standard InChI is InChI=1S/C20H20O3S/c1-4-18(15-10-7-6-8-11-15)19(20(21)23-5-2)24-17-13-9-12-16(14-17)22-3/h4,6-14H,1,5H2,2-3H3/b19-18-. The van der Waals surface area contributed by atoms with Crippen LogP contribution in [0.4, 0.5) is 0 Å². The molecule has 0 aliphatic rings. The lowest BCUT2D eigenvalue weighted by Crippen LogP contribution is -2.07. The zero-order valence-electron chi connectivity index (χ0n) is 13.8. The van der Waals surface area contributed by atoms with Crippen LogP contribution in [0.15, 0.2) is 77.1 Å². The highest BCUT2D eigenvalue weighted by atomic mass is 32.2. The predicted octanol–water partition coefficient (Wildman–Crippen LogP) is 4.95. The van der Waals surface area contributed by atoms with Crippen LogP contribution in [0.1, 0.15) is 12.5 Å². The minimum atomic E-state index is -0.357. The Morgan fingerprint density at radius 2 is 1.92 bits per heavy atom. The number of carbonyl (C=O) groups is 1. The molecule has 3 nitrogen and oxygen atoms in total. The highest BCUT2D eigenvalue weighted by Gasteiger charge is 2.18. The fourth-order valence-corrected chi connectivity index (χ4v) is 3.16. The molecule has 0 aromatic heterocycles. The van der Waals surface area contributed by atoms with Crippen molar-refractivity contribution in [3.63, 3.8) is 0 Å². The Bertz CT molecular complexity index is 736. The van der Waals surface area contributed by atoms with E-state index in [0.29, 0.717) is 11.5 Å². The van der Waals surface area contributed by atoms with Gasteiger partial charge in [-0.15, -0.1) is 0 Å². The van der Waals surface area contributed by atoms with E-state index in [-0.39, 0.29) is 5.97 Å². The summed E-state index contributed by atoms with van der Waals surface area (Å²) in [5.41, 5.74) is 1.67. The van der Waals surface area contributed by atoms with Crippen molar-refractivity contribution in [3.8, 4) is 5.75 Å². The van der Waals surface area contributed by atoms with Gasteiger partial charge in [0.15, 0.2) is 0 Å². The van der Waals surface area contributed by atoms with E-state index in [4.69, 9.17) is 9.47 Å². The quantitative estimate of drug-likeness (QED) is 0.309. The van der Waals surface area contributed by atoms with Gasteiger partial charge in [0.1, 0.15) is 10.7 Å². The number of ether oxygens (including phenoxy) is 2. The molecule has 0 N–H and O–H groups in total. The number of benzene rings is 2. The molecule has 0 spiro atoms. The smallest absolute Gasteiger partial charge is 0.345 e. The van der Waals surface area contributed by atoms with Crippen LogP contribution in [0.2, 0.25) is 0 Å². The maximum atomic E-state index is 12.5. The topological polar surface area (TPSA) is 35.5 Å². The van der Waals surface area contributed by atoms with E-state index in [1.165, 1.54) is 11.8 Å². The number of esters is 1. The third-order valence-corrected chi connectivity index (χ3v) is 4.34. The SMILES string of the molecule is C=C/C(=C(/Sc1cccc(OC)c1)C(=O)OCC)c1ccccc1. The van der Waals surface area contributed by atoms with Crippen molar-refractivity contribution in [2.45, 2.75) is 11.8 Å². The van der Waals surface area contributed by atoms with Gasteiger partial charge < -0.3 is 9.47 Å². The Labute approximate surface area is 147 Å². The average molecular weight is 340 g/mol. The number of hydrogen-bond donors (Lipinski definition) is 0. The zero-order chi connectivity index (χ0) is 17.4. The van der Waals surface area contributed by atoms with Gasteiger partial charge in [0.25, 0.3) is 0 Å². The first-order chi connectivity index (χ1) is 11.7. The Kier molecular flexibility index (Phi) is 6.70. The van der Waals surface area contributed by atoms with E-state index in [1.807, 2.05) is 54.6 Å². The molecule has 2 aromatic carbocycles. The third kappa shape index (κ3) is 4.52. The summed E-state index contributed by atoms with van der Waals surface area (Å²) in [7, 11) is 1.62. The molecule has 4 heteroatoms. The van der Waals surface area contributed by atoms with Gasteiger partial charge in [-0.2, -0.15) is 0 Å². The first-order valence-electron chi connectivity index (χ1n) is 7.60. The Morgan fingerprint density at radius 1 is 1.17 bits per heavy atom. The molecule has 2 rings (SSSR count). The molecule has 0 bridgehead atoms. The second-order valence-corrected chi connectivity index (χ2v) is 5.90. The average Bonchev–Trinajstić information content (AvgIpc) is 2.63. The summed E-state index contributed by atoms with van der Waals surface area (Å²) in [5.74, 6) is 0.382. The van der Waals surface area contributed by atoms with Crippen molar-refractivity contribution in [2.75, 3.05) is 13.7 Å². The molecule has 0 saturated carbocycles. The van der Waals surface area contributed by atoms with Crippen LogP contribution >= 0.6 is 11.8 Å². The normalized spacial score (nSPS) is 11.4. The van der Waals surface area contributed by atoms with Gasteiger partial charge in [-0.05, 0) is 30.7 Å². The van der Waals surface area contributed by atoms with Gasteiger partial charge in [-0.1, -0.05) is 60.8 Å². The lowest BCUT2D eigenvalue weighted by Gasteiger charge is -2.12. The van der Waals surface area contributed by atoms with Crippen molar-refractivity contribution in [2.24, 2.45) is 0 Å². The second-order valence-electron chi connectivity index (χ2n) is 4.81. The van der Waals surface area contributed by atoms with Gasteiger partial charge in [-0.25, -0.2) is 4.79 Å². The molecule has 0 aliphatic heterocycles. The van der Waals surface area contributed by atoms with Crippen LogP contribution in [0.3, 0.4) is 0 Å². The molecule has 0 aliphatic carbocycles. The van der Waals surface area contributed by atoms with E-state index in [9.17, 15) is 4.79 Å². The molecule has 0 amide bonds. The number of rotatable bonds is 7. The monoisotopic (exact) mass is 340 g/mol. The lowest BCUT2D eigenvalue weighted by atomic mass is 10.1. The summed E-state index contributed by atoms with van der Waals surface area (Å²) in [6.45, 7) is 5.99. The van der Waals surface area contributed by atoms with Gasteiger partial charge >= 0.3 is 5.97 Å². The molecule has 0 heterocycles. The Hall–Kier alpha value is -2.46. The Balaban J connectivity index is 2.48. The lowest BCUT2D eigenvalue weighted by molar-refractivity contribution is -0.137. The van der Waals surface area contributed by atoms with Crippen LogP contribution < -0.4 is 4.74 Å². The van der Waals surface area contributed by atoms with Crippen LogP contribution in [-0.2, 0) is 9.53 Å². The van der Waals surface area contributed by atoms with Gasteiger partial charge in [0.05, 0.1) is 13.7 Å². The fraction of sp³-hybridized carbons (Fsp3) is 0.150. The molecule has 124 valence electrons. The maximum Gasteiger partial charge on any atom is 0.345 e. The maximum absolute atomic E-state index is 12.5. The van der Waals surface area contributed by atoms with E-state index in [1.54, 1.807) is 20.1 Å². The number of thioether (sulfide) groups is 1. The van der Waals surface area contributed by atoms with Gasteiger partial charge in [0.2, 0.25) is 0 Å². The zero-order valence-corrected chi connectivity index (χ0v) is 14.6. The van der Waals surface area contributed by atoms with Crippen molar-refractivity contribution >= 4 is 23.3 Å². The molecule has 0 fully saturated rings. The van der Waals surface area contributed by atoms with Gasteiger partial charge in [0, 0.05) is 10.5 Å². The van der Waals surface area contributed by atoms with Crippen molar-refractivity contribution in [1.29, 1.82) is 0 Å². The minimum absolute atomic E-state index is 0.320. The van der Waals surface area contributed by atoms with E-state index >= 15 is 0 Å². The summed E-state index contributed by atoms with van der Waals surface area (Å²) in [6, 6.07) is 17.3. The van der Waals surface area contributed by atoms with Crippen LogP contribution in [0.25, 0.3) is 5.57 Å². The summed E-state index contributed by atoms with van der Waals surface area (Å²) in [5, 5.41) is 0. The summed E-state index contributed by atoms with van der Waals surface area (Å²) < 4.78 is 10.5. The number of allylic oxidation sites excluding steroid dienone is 2. The van der Waals surface area contributed by atoms with E-state index in [0.717, 1.165) is 21.8 Å². The highest BCUT2D eigenvalue weighted by Crippen LogP contribution is 2.35. The fourth-order valence-electron chi connectivity index (χ4n) is 2.15. The van der Waals surface area contributed by atoms with Gasteiger partial charge in [-0.3, -0.25) is 0 Å². The molecule has 0 unspecified atom stereocenters. The van der Waals surface area contributed by atoms with Crippen LogP contribution in [0.5, 0.6) is 5.75 Å². The largest absolute Gasteiger partial charge is 0.497 e.